The maximum absolute atomic E-state index is 6.00. The number of hydrogen-bond acceptors (Lipinski definition) is 3. The summed E-state index contributed by atoms with van der Waals surface area (Å²) in [7, 11) is 0. The quantitative estimate of drug-likeness (QED) is 0.891. The summed E-state index contributed by atoms with van der Waals surface area (Å²) in [5.74, 6) is 1.45. The Morgan fingerprint density at radius 2 is 1.95 bits per heavy atom. The van der Waals surface area contributed by atoms with E-state index in [-0.39, 0.29) is 6.04 Å². The molecule has 1 heterocycles. The lowest BCUT2D eigenvalue weighted by Gasteiger charge is -2.13. The van der Waals surface area contributed by atoms with Crippen molar-refractivity contribution in [3.8, 4) is 11.6 Å². The van der Waals surface area contributed by atoms with E-state index in [1.165, 1.54) is 5.56 Å². The molecule has 1 aromatic heterocycles. The smallest absolute Gasteiger partial charge is 0.222 e. The number of ether oxygens (including phenoxy) is 1. The summed E-state index contributed by atoms with van der Waals surface area (Å²) in [6, 6.07) is 12.0. The maximum Gasteiger partial charge on any atom is 0.222 e. The van der Waals surface area contributed by atoms with Crippen LogP contribution in [0.5, 0.6) is 11.6 Å². The Kier molecular flexibility index (Phi) is 4.53. The first-order chi connectivity index (χ1) is 9.19. The summed E-state index contributed by atoms with van der Waals surface area (Å²) in [5, 5.41) is 0. The summed E-state index contributed by atoms with van der Waals surface area (Å²) in [6.07, 6.45) is 3.47. The molecule has 3 heteroatoms. The fourth-order valence-electron chi connectivity index (χ4n) is 1.82. The van der Waals surface area contributed by atoms with Crippen LogP contribution in [0.1, 0.15) is 24.5 Å². The molecule has 1 aromatic carbocycles. The zero-order valence-electron chi connectivity index (χ0n) is 11.5. The number of rotatable bonds is 5. The lowest BCUT2D eigenvalue weighted by Crippen LogP contribution is -2.21. The van der Waals surface area contributed by atoms with Gasteiger partial charge in [0.05, 0.1) is 0 Å². The Morgan fingerprint density at radius 3 is 2.63 bits per heavy atom. The predicted molar refractivity (Wildman–Crippen MR) is 77.5 cm³/mol. The third-order valence-corrected chi connectivity index (χ3v) is 3.09. The molecule has 1 atom stereocenters. The lowest BCUT2D eigenvalue weighted by molar-refractivity contribution is 0.452. The third-order valence-electron chi connectivity index (χ3n) is 3.09. The van der Waals surface area contributed by atoms with Crippen LogP contribution < -0.4 is 10.5 Å². The number of nitrogens with zero attached hydrogens (tertiary/aromatic N) is 1. The molecule has 2 rings (SSSR count). The second kappa shape index (κ2) is 6.34. The van der Waals surface area contributed by atoms with Gasteiger partial charge in [0.1, 0.15) is 5.75 Å². The van der Waals surface area contributed by atoms with Crippen molar-refractivity contribution in [1.82, 2.24) is 4.98 Å². The Balaban J connectivity index is 2.17. The Bertz CT molecular complexity index is 523. The van der Waals surface area contributed by atoms with E-state index in [1.807, 2.05) is 36.4 Å². The second-order valence-electron chi connectivity index (χ2n) is 4.76. The highest BCUT2D eigenvalue weighted by Crippen LogP contribution is 2.24. The van der Waals surface area contributed by atoms with Crippen LogP contribution in [-0.4, -0.2) is 11.0 Å². The van der Waals surface area contributed by atoms with Gasteiger partial charge in [0.25, 0.3) is 0 Å². The number of pyridine rings is 1. The standard InChI is InChI=1S/C16H20N2O/c1-3-14(17)11-13-5-4-10-18-16(13)19-15-8-6-12(2)7-9-15/h4-10,14H,3,11,17H2,1-2H3. The molecule has 0 aliphatic heterocycles. The number of benzene rings is 1. The van der Waals surface area contributed by atoms with Crippen LogP contribution >= 0.6 is 0 Å². The highest BCUT2D eigenvalue weighted by atomic mass is 16.5. The molecule has 0 radical (unpaired) electrons. The van der Waals surface area contributed by atoms with Gasteiger partial charge in [-0.15, -0.1) is 0 Å². The predicted octanol–water partition coefficient (Wildman–Crippen LogP) is 3.46. The topological polar surface area (TPSA) is 48.1 Å². The normalized spacial score (nSPS) is 12.2. The third kappa shape index (κ3) is 3.80. The monoisotopic (exact) mass is 256 g/mol. The molecule has 0 bridgehead atoms. The van der Waals surface area contributed by atoms with Gasteiger partial charge in [-0.1, -0.05) is 30.7 Å². The highest BCUT2D eigenvalue weighted by Gasteiger charge is 2.09. The summed E-state index contributed by atoms with van der Waals surface area (Å²) in [5.41, 5.74) is 8.27. The zero-order valence-corrected chi connectivity index (χ0v) is 11.5. The van der Waals surface area contributed by atoms with E-state index in [2.05, 4.69) is 18.8 Å². The molecule has 3 nitrogen and oxygen atoms in total. The molecular formula is C16H20N2O. The summed E-state index contributed by atoms with van der Waals surface area (Å²) in [6.45, 7) is 4.14. The van der Waals surface area contributed by atoms with E-state index in [9.17, 15) is 0 Å². The minimum atomic E-state index is 0.143. The lowest BCUT2D eigenvalue weighted by atomic mass is 10.1. The summed E-state index contributed by atoms with van der Waals surface area (Å²) >= 11 is 0. The van der Waals surface area contributed by atoms with E-state index in [0.29, 0.717) is 5.88 Å². The Morgan fingerprint density at radius 1 is 1.21 bits per heavy atom. The number of aromatic nitrogens is 1. The highest BCUT2D eigenvalue weighted by molar-refractivity contribution is 5.34. The average Bonchev–Trinajstić information content (AvgIpc) is 2.43. The van der Waals surface area contributed by atoms with Crippen LogP contribution in [0.2, 0.25) is 0 Å². The molecule has 0 aliphatic rings. The Labute approximate surface area is 114 Å². The van der Waals surface area contributed by atoms with Gasteiger partial charge in [-0.05, 0) is 38.0 Å². The minimum Gasteiger partial charge on any atom is -0.439 e. The largest absolute Gasteiger partial charge is 0.439 e. The van der Waals surface area contributed by atoms with Crippen LogP contribution in [0.3, 0.4) is 0 Å². The van der Waals surface area contributed by atoms with Crippen LogP contribution in [0, 0.1) is 6.92 Å². The zero-order chi connectivity index (χ0) is 13.7. The van der Waals surface area contributed by atoms with Crippen LogP contribution in [0.15, 0.2) is 42.6 Å². The second-order valence-corrected chi connectivity index (χ2v) is 4.76. The van der Waals surface area contributed by atoms with Gasteiger partial charge in [-0.2, -0.15) is 0 Å². The van der Waals surface area contributed by atoms with Crippen molar-refractivity contribution in [2.24, 2.45) is 5.73 Å². The fourth-order valence-corrected chi connectivity index (χ4v) is 1.82. The van der Waals surface area contributed by atoms with Gasteiger partial charge in [0, 0.05) is 17.8 Å². The summed E-state index contributed by atoms with van der Waals surface area (Å²) < 4.78 is 5.84. The number of nitrogens with two attached hydrogens (primary N) is 1. The van der Waals surface area contributed by atoms with Crippen molar-refractivity contribution in [2.75, 3.05) is 0 Å². The van der Waals surface area contributed by atoms with Crippen molar-refractivity contribution in [1.29, 1.82) is 0 Å². The summed E-state index contributed by atoms with van der Waals surface area (Å²) in [4.78, 5) is 4.31. The molecule has 100 valence electrons. The van der Waals surface area contributed by atoms with Crippen LogP contribution in [0.4, 0.5) is 0 Å². The SMILES string of the molecule is CCC(N)Cc1cccnc1Oc1ccc(C)cc1. The molecule has 0 aliphatic carbocycles. The van der Waals surface area contributed by atoms with E-state index < -0.39 is 0 Å². The fraction of sp³-hybridized carbons (Fsp3) is 0.312. The molecule has 0 spiro atoms. The van der Waals surface area contributed by atoms with Gasteiger partial charge in [0.15, 0.2) is 0 Å². The molecule has 0 saturated carbocycles. The van der Waals surface area contributed by atoms with Gasteiger partial charge in [-0.25, -0.2) is 4.98 Å². The van der Waals surface area contributed by atoms with Crippen molar-refractivity contribution >= 4 is 0 Å². The van der Waals surface area contributed by atoms with Crippen molar-refractivity contribution in [2.45, 2.75) is 32.7 Å². The number of aryl methyl sites for hydroxylation is 1. The molecule has 0 saturated heterocycles. The molecule has 0 amide bonds. The van der Waals surface area contributed by atoms with E-state index in [4.69, 9.17) is 10.5 Å². The molecule has 0 fully saturated rings. The van der Waals surface area contributed by atoms with Crippen LogP contribution in [-0.2, 0) is 6.42 Å². The molecule has 2 N–H and O–H groups in total. The first-order valence-electron chi connectivity index (χ1n) is 6.63. The Hall–Kier alpha value is -1.87. The van der Waals surface area contributed by atoms with Gasteiger partial charge >= 0.3 is 0 Å². The maximum atomic E-state index is 6.00. The van der Waals surface area contributed by atoms with E-state index in [0.717, 1.165) is 24.2 Å². The van der Waals surface area contributed by atoms with E-state index in [1.54, 1.807) is 6.20 Å². The van der Waals surface area contributed by atoms with Crippen LogP contribution in [0.25, 0.3) is 0 Å². The van der Waals surface area contributed by atoms with Gasteiger partial charge in [-0.3, -0.25) is 0 Å². The molecule has 2 aromatic rings. The molecular weight excluding hydrogens is 236 g/mol. The van der Waals surface area contributed by atoms with Gasteiger partial charge < -0.3 is 10.5 Å². The molecule has 19 heavy (non-hydrogen) atoms. The minimum absolute atomic E-state index is 0.143. The van der Waals surface area contributed by atoms with Crippen molar-refractivity contribution < 1.29 is 4.74 Å². The average molecular weight is 256 g/mol. The number of hydrogen-bond donors (Lipinski definition) is 1. The molecule has 1 unspecified atom stereocenters. The first-order valence-corrected chi connectivity index (χ1v) is 6.63. The van der Waals surface area contributed by atoms with Crippen molar-refractivity contribution in [3.05, 3.63) is 53.7 Å². The van der Waals surface area contributed by atoms with Crippen molar-refractivity contribution in [3.63, 3.8) is 0 Å². The van der Waals surface area contributed by atoms with Gasteiger partial charge in [0.2, 0.25) is 5.88 Å². The van der Waals surface area contributed by atoms with E-state index >= 15 is 0 Å². The first kappa shape index (κ1) is 13.6.